The van der Waals surface area contributed by atoms with E-state index in [1.165, 1.54) is 32.1 Å². The van der Waals surface area contributed by atoms with E-state index in [-0.39, 0.29) is 0 Å². The molecule has 0 aromatic rings. The summed E-state index contributed by atoms with van der Waals surface area (Å²) in [7, 11) is 2.37. The first-order valence-electron chi connectivity index (χ1n) is 9.55. The van der Waals surface area contributed by atoms with E-state index in [1.54, 1.807) is 0 Å². The van der Waals surface area contributed by atoms with E-state index in [1.807, 2.05) is 0 Å². The summed E-state index contributed by atoms with van der Waals surface area (Å²) in [5, 5.41) is 0. The molecule has 21 heavy (non-hydrogen) atoms. The topological polar surface area (TPSA) is 3.24 Å². The van der Waals surface area contributed by atoms with Gasteiger partial charge >= 0.3 is 0 Å². The molecule has 0 bridgehead atoms. The van der Waals surface area contributed by atoms with Crippen LogP contribution < -0.4 is 0 Å². The number of hydrogen-bond acceptors (Lipinski definition) is 1. The summed E-state index contributed by atoms with van der Waals surface area (Å²) < 4.78 is 0. The minimum atomic E-state index is 0.767. The minimum Gasteiger partial charge on any atom is -0.300 e. The van der Waals surface area contributed by atoms with Crippen LogP contribution in [0.1, 0.15) is 80.6 Å². The molecular weight excluding hydrogens is 254 g/mol. The van der Waals surface area contributed by atoms with Crippen molar-refractivity contribution >= 4 is 0 Å². The molecule has 1 nitrogen and oxygen atoms in total. The van der Waals surface area contributed by atoms with Crippen molar-refractivity contribution in [1.82, 2.24) is 4.90 Å². The van der Waals surface area contributed by atoms with Crippen molar-refractivity contribution in [3.8, 4) is 0 Å². The van der Waals surface area contributed by atoms with Gasteiger partial charge in [-0.15, -0.1) is 0 Å². The number of rotatable bonds is 10. The van der Waals surface area contributed by atoms with Crippen molar-refractivity contribution in [2.24, 2.45) is 29.6 Å². The van der Waals surface area contributed by atoms with E-state index in [9.17, 15) is 0 Å². The Morgan fingerprint density at radius 3 is 2.10 bits per heavy atom. The van der Waals surface area contributed by atoms with Crippen LogP contribution >= 0.6 is 0 Å². The molecule has 6 atom stereocenters. The van der Waals surface area contributed by atoms with Gasteiger partial charge in [-0.1, -0.05) is 48.0 Å². The molecule has 0 radical (unpaired) electrons. The molecule has 1 rings (SSSR count). The summed E-state index contributed by atoms with van der Waals surface area (Å²) in [6.45, 7) is 16.8. The van der Waals surface area contributed by atoms with Crippen molar-refractivity contribution in [2.75, 3.05) is 7.05 Å². The Hall–Kier alpha value is -0.0400. The Morgan fingerprint density at radius 2 is 1.62 bits per heavy atom. The van der Waals surface area contributed by atoms with Gasteiger partial charge < -0.3 is 4.90 Å². The summed E-state index contributed by atoms with van der Waals surface area (Å²) in [6.07, 6.45) is 6.86. The van der Waals surface area contributed by atoms with E-state index < -0.39 is 0 Å². The third-order valence-corrected chi connectivity index (χ3v) is 6.43. The Balaban J connectivity index is 2.46. The Kier molecular flexibility index (Phi) is 7.74. The molecule has 1 saturated carbocycles. The molecule has 0 N–H and O–H groups in total. The van der Waals surface area contributed by atoms with Gasteiger partial charge in [0, 0.05) is 12.1 Å². The zero-order valence-corrected chi connectivity index (χ0v) is 16.0. The average molecular weight is 296 g/mol. The van der Waals surface area contributed by atoms with E-state index in [0.29, 0.717) is 0 Å². The largest absolute Gasteiger partial charge is 0.300 e. The molecule has 1 heteroatoms. The minimum absolute atomic E-state index is 0.767. The smallest absolute Gasteiger partial charge is 0.00979 e. The number of nitrogens with zero attached hydrogens (tertiary/aromatic N) is 1. The van der Waals surface area contributed by atoms with Gasteiger partial charge in [0.2, 0.25) is 0 Å². The first-order valence-corrected chi connectivity index (χ1v) is 9.55. The fraction of sp³-hybridized carbons (Fsp3) is 1.00. The Bertz CT molecular complexity index is 286. The van der Waals surface area contributed by atoms with E-state index in [0.717, 1.165) is 41.7 Å². The highest BCUT2D eigenvalue weighted by Gasteiger charge is 2.46. The van der Waals surface area contributed by atoms with Crippen molar-refractivity contribution in [2.45, 2.75) is 92.7 Å². The molecule has 1 aliphatic rings. The predicted octanol–water partition coefficient (Wildman–Crippen LogP) is 5.84. The fourth-order valence-electron chi connectivity index (χ4n) is 4.14. The van der Waals surface area contributed by atoms with Crippen LogP contribution in [0, 0.1) is 29.6 Å². The van der Waals surface area contributed by atoms with Crippen LogP contribution in [0.2, 0.25) is 0 Å². The molecule has 0 aliphatic heterocycles. The lowest BCUT2D eigenvalue weighted by atomic mass is 9.85. The standard InChI is InChI=1S/C20H41N/c1-9-11-18(10-2)21(8)17(7)20-13-19(20)16(6)12-15(5)14(3)4/h14-20H,9-13H2,1-8H3. The van der Waals surface area contributed by atoms with Gasteiger partial charge in [-0.2, -0.15) is 0 Å². The summed E-state index contributed by atoms with van der Waals surface area (Å²) in [5.41, 5.74) is 0. The molecular formula is C20H41N. The lowest BCUT2D eigenvalue weighted by molar-refractivity contribution is 0.144. The average Bonchev–Trinajstić information content (AvgIpc) is 3.23. The van der Waals surface area contributed by atoms with Crippen LogP contribution in [-0.2, 0) is 0 Å². The molecule has 0 amide bonds. The highest BCUT2D eigenvalue weighted by molar-refractivity contribution is 4.97. The first-order chi connectivity index (χ1) is 9.83. The molecule has 0 saturated heterocycles. The number of hydrogen-bond donors (Lipinski definition) is 0. The highest BCUT2D eigenvalue weighted by Crippen LogP contribution is 2.50. The maximum absolute atomic E-state index is 2.69. The Labute approximate surface area is 134 Å². The van der Waals surface area contributed by atoms with Crippen molar-refractivity contribution in [3.63, 3.8) is 0 Å². The van der Waals surface area contributed by atoms with Gasteiger partial charge in [0.25, 0.3) is 0 Å². The summed E-state index contributed by atoms with van der Waals surface area (Å²) in [6, 6.07) is 1.56. The lowest BCUT2D eigenvalue weighted by Gasteiger charge is -2.33. The second-order valence-corrected chi connectivity index (χ2v) is 8.25. The second-order valence-electron chi connectivity index (χ2n) is 8.25. The third kappa shape index (κ3) is 5.27. The highest BCUT2D eigenvalue weighted by atomic mass is 15.2. The van der Waals surface area contributed by atoms with Gasteiger partial charge in [0.15, 0.2) is 0 Å². The van der Waals surface area contributed by atoms with Crippen LogP contribution in [0.3, 0.4) is 0 Å². The summed E-state index contributed by atoms with van der Waals surface area (Å²) in [4.78, 5) is 2.69. The SMILES string of the molecule is CCCC(CC)N(C)C(C)C1CC1C(C)CC(C)C(C)C. The Morgan fingerprint density at radius 1 is 1.00 bits per heavy atom. The quantitative estimate of drug-likeness (QED) is 0.489. The van der Waals surface area contributed by atoms with Crippen LogP contribution in [-0.4, -0.2) is 24.0 Å². The maximum Gasteiger partial charge on any atom is 0.00979 e. The van der Waals surface area contributed by atoms with Gasteiger partial charge in [0.05, 0.1) is 0 Å². The molecule has 126 valence electrons. The van der Waals surface area contributed by atoms with Gasteiger partial charge in [-0.05, 0) is 69.2 Å². The van der Waals surface area contributed by atoms with Crippen LogP contribution in [0.25, 0.3) is 0 Å². The molecule has 0 spiro atoms. The lowest BCUT2D eigenvalue weighted by Crippen LogP contribution is -2.40. The summed E-state index contributed by atoms with van der Waals surface area (Å²) >= 11 is 0. The van der Waals surface area contributed by atoms with Crippen molar-refractivity contribution in [1.29, 1.82) is 0 Å². The van der Waals surface area contributed by atoms with E-state index >= 15 is 0 Å². The molecule has 1 aliphatic carbocycles. The maximum atomic E-state index is 2.69. The zero-order chi connectivity index (χ0) is 16.2. The van der Waals surface area contributed by atoms with Crippen molar-refractivity contribution in [3.05, 3.63) is 0 Å². The predicted molar refractivity (Wildman–Crippen MR) is 95.6 cm³/mol. The second kappa shape index (κ2) is 8.56. The molecule has 0 aromatic carbocycles. The van der Waals surface area contributed by atoms with E-state index in [4.69, 9.17) is 0 Å². The molecule has 1 fully saturated rings. The molecule has 0 heterocycles. The van der Waals surface area contributed by atoms with Crippen LogP contribution in [0.5, 0.6) is 0 Å². The van der Waals surface area contributed by atoms with Gasteiger partial charge in [-0.25, -0.2) is 0 Å². The van der Waals surface area contributed by atoms with E-state index in [2.05, 4.69) is 60.4 Å². The van der Waals surface area contributed by atoms with Gasteiger partial charge in [0.1, 0.15) is 0 Å². The summed E-state index contributed by atoms with van der Waals surface area (Å²) in [5.74, 6) is 4.56. The molecule has 0 aromatic heterocycles. The van der Waals surface area contributed by atoms with Crippen LogP contribution in [0.4, 0.5) is 0 Å². The zero-order valence-electron chi connectivity index (χ0n) is 16.0. The van der Waals surface area contributed by atoms with Crippen molar-refractivity contribution < 1.29 is 0 Å². The first kappa shape index (κ1) is 19.0. The fourth-order valence-corrected chi connectivity index (χ4v) is 4.14. The normalized spacial score (nSPS) is 27.7. The van der Waals surface area contributed by atoms with Crippen LogP contribution in [0.15, 0.2) is 0 Å². The third-order valence-electron chi connectivity index (χ3n) is 6.43. The monoisotopic (exact) mass is 295 g/mol. The van der Waals surface area contributed by atoms with Gasteiger partial charge in [-0.3, -0.25) is 0 Å². The molecule has 6 unspecified atom stereocenters.